The first-order chi connectivity index (χ1) is 16.2. The predicted octanol–water partition coefficient (Wildman–Crippen LogP) is 5.02. The molecule has 2 heterocycles. The zero-order chi connectivity index (χ0) is 25.9. The van der Waals surface area contributed by atoms with Gasteiger partial charge in [0.15, 0.2) is 0 Å². The van der Waals surface area contributed by atoms with E-state index in [-0.39, 0.29) is 22.4 Å². The third-order valence-corrected chi connectivity index (χ3v) is 6.13. The van der Waals surface area contributed by atoms with Crippen LogP contribution in [0.15, 0.2) is 42.7 Å². The van der Waals surface area contributed by atoms with Gasteiger partial charge in [-0.2, -0.15) is 22.0 Å². The van der Waals surface area contributed by atoms with Gasteiger partial charge in [0.2, 0.25) is 11.5 Å². The lowest BCUT2D eigenvalue weighted by Gasteiger charge is -2.30. The molecule has 4 rings (SSSR count). The van der Waals surface area contributed by atoms with Crippen LogP contribution in [0.5, 0.6) is 0 Å². The minimum absolute atomic E-state index is 0.0620. The van der Waals surface area contributed by atoms with Crippen LogP contribution in [0.4, 0.5) is 32.0 Å². The Balaban J connectivity index is 1.76. The third-order valence-electron chi connectivity index (χ3n) is 6.13. The largest absolute Gasteiger partial charge is 0.416 e. The maximum absolute atomic E-state index is 15.6. The highest BCUT2D eigenvalue weighted by Crippen LogP contribution is 2.48. The zero-order valence-corrected chi connectivity index (χ0v) is 18.7. The van der Waals surface area contributed by atoms with Crippen LogP contribution in [0.3, 0.4) is 0 Å². The molecule has 0 spiro atoms. The van der Waals surface area contributed by atoms with Gasteiger partial charge in [0.1, 0.15) is 6.33 Å². The molecular formula is C23H20F6N4O2. The van der Waals surface area contributed by atoms with Crippen LogP contribution >= 0.6 is 0 Å². The summed E-state index contributed by atoms with van der Waals surface area (Å²) in [5, 5.41) is 16.5. The third kappa shape index (κ3) is 3.95. The Morgan fingerprint density at radius 1 is 1.09 bits per heavy atom. The number of aliphatic hydroxyl groups excluding tert-OH is 1. The second-order valence-corrected chi connectivity index (χ2v) is 8.55. The number of aromatic nitrogens is 3. The molecule has 12 heteroatoms. The van der Waals surface area contributed by atoms with E-state index < -0.39 is 53.3 Å². The molecule has 1 aliphatic heterocycles. The van der Waals surface area contributed by atoms with Crippen molar-refractivity contribution in [3.63, 3.8) is 0 Å². The number of alkyl halides is 6. The molecule has 0 aliphatic carbocycles. The van der Waals surface area contributed by atoms with Crippen molar-refractivity contribution >= 4 is 11.6 Å². The molecule has 2 atom stereocenters. The molecule has 2 aromatic carbocycles. The molecule has 0 fully saturated rings. The van der Waals surface area contributed by atoms with Crippen LogP contribution in [-0.2, 0) is 31.4 Å². The summed E-state index contributed by atoms with van der Waals surface area (Å²) in [6.07, 6.45) is -5.07. The van der Waals surface area contributed by atoms with Gasteiger partial charge in [-0.1, -0.05) is 12.1 Å². The summed E-state index contributed by atoms with van der Waals surface area (Å²) in [5.74, 6) is -5.87. The van der Waals surface area contributed by atoms with E-state index in [1.165, 1.54) is 32.2 Å². The molecular weight excluding hydrogens is 478 g/mol. The molecule has 0 saturated heterocycles. The van der Waals surface area contributed by atoms with Gasteiger partial charge in [-0.05, 0) is 54.8 Å². The number of rotatable bonds is 5. The molecule has 0 saturated carbocycles. The molecule has 0 bridgehead atoms. The Labute approximate surface area is 195 Å². The molecule has 1 aromatic heterocycles. The van der Waals surface area contributed by atoms with Crippen LogP contribution in [0.1, 0.15) is 58.4 Å². The monoisotopic (exact) mass is 498 g/mol. The van der Waals surface area contributed by atoms with Gasteiger partial charge in [0, 0.05) is 18.3 Å². The van der Waals surface area contributed by atoms with E-state index >= 15 is 13.2 Å². The summed E-state index contributed by atoms with van der Waals surface area (Å²) in [6.45, 7) is 1.41. The number of aliphatic hydroxyl groups is 1. The number of carbonyl (C=O) groups excluding carboxylic acids is 1. The fraction of sp³-hybridized carbons (Fsp3) is 0.348. The molecule has 6 nitrogen and oxygen atoms in total. The Morgan fingerprint density at radius 3 is 2.34 bits per heavy atom. The number of halogens is 6. The minimum atomic E-state index is -4.80. The number of anilines is 1. The minimum Gasteiger partial charge on any atom is -0.389 e. The number of aryl methyl sites for hydroxylation is 1. The van der Waals surface area contributed by atoms with Crippen molar-refractivity contribution in [3.8, 4) is 0 Å². The van der Waals surface area contributed by atoms with Crippen molar-refractivity contribution in [2.45, 2.75) is 44.3 Å². The van der Waals surface area contributed by atoms with Crippen molar-refractivity contribution in [2.75, 3.05) is 4.90 Å². The first kappa shape index (κ1) is 24.7. The summed E-state index contributed by atoms with van der Waals surface area (Å²) >= 11 is 0. The van der Waals surface area contributed by atoms with Gasteiger partial charge in [0.25, 0.3) is 5.91 Å². The van der Waals surface area contributed by atoms with Crippen LogP contribution < -0.4 is 4.90 Å². The summed E-state index contributed by atoms with van der Waals surface area (Å²) < 4.78 is 87.8. The highest BCUT2D eigenvalue weighted by molar-refractivity contribution is 6.10. The fourth-order valence-electron chi connectivity index (χ4n) is 4.06. The Kier molecular flexibility index (Phi) is 5.70. The topological polar surface area (TPSA) is 71.2 Å². The molecule has 186 valence electrons. The second-order valence-electron chi connectivity index (χ2n) is 8.55. The van der Waals surface area contributed by atoms with Gasteiger partial charge >= 0.3 is 12.1 Å². The van der Waals surface area contributed by atoms with E-state index in [2.05, 4.69) is 10.2 Å². The lowest BCUT2D eigenvalue weighted by molar-refractivity contribution is -0.149. The predicted molar refractivity (Wildman–Crippen MR) is 112 cm³/mol. The maximum atomic E-state index is 15.6. The molecule has 1 N–H and O–H groups in total. The molecule has 35 heavy (non-hydrogen) atoms. The number of amides is 1. The number of carbonyl (C=O) groups is 1. The molecule has 1 aliphatic rings. The first-order valence-corrected chi connectivity index (χ1v) is 10.4. The number of benzene rings is 2. The summed E-state index contributed by atoms with van der Waals surface area (Å²) in [7, 11) is 1.23. The second kappa shape index (κ2) is 8.08. The van der Waals surface area contributed by atoms with Crippen LogP contribution in [-0.4, -0.2) is 25.8 Å². The molecule has 3 aromatic rings. The van der Waals surface area contributed by atoms with Crippen molar-refractivity contribution in [3.05, 3.63) is 76.4 Å². The van der Waals surface area contributed by atoms with E-state index in [0.717, 1.165) is 34.0 Å². The van der Waals surface area contributed by atoms with Crippen LogP contribution in [0.25, 0.3) is 0 Å². The lowest BCUT2D eigenvalue weighted by atomic mass is 9.90. The van der Waals surface area contributed by atoms with Gasteiger partial charge in [-0.25, -0.2) is 4.39 Å². The SMILES string of the molecule is CC(O)c1cc2c(c(C(F)(F)F)c1)CN(c1cccc(C(C)(F)C(F)(F)c3nncn3C)c1)C2=O. The van der Waals surface area contributed by atoms with Crippen molar-refractivity contribution < 1.29 is 36.2 Å². The smallest absolute Gasteiger partial charge is 0.389 e. The normalized spacial score (nSPS) is 16.9. The van der Waals surface area contributed by atoms with E-state index in [1.807, 2.05) is 0 Å². The Bertz CT molecular complexity index is 1300. The van der Waals surface area contributed by atoms with Gasteiger partial charge < -0.3 is 14.6 Å². The Hall–Kier alpha value is -3.41. The first-order valence-electron chi connectivity index (χ1n) is 10.4. The van der Waals surface area contributed by atoms with Crippen molar-refractivity contribution in [2.24, 2.45) is 7.05 Å². The average molecular weight is 498 g/mol. The molecule has 0 radical (unpaired) electrons. The maximum Gasteiger partial charge on any atom is 0.416 e. The van der Waals surface area contributed by atoms with Crippen molar-refractivity contribution in [1.82, 2.24) is 14.8 Å². The fourth-order valence-corrected chi connectivity index (χ4v) is 4.06. The number of hydrogen-bond acceptors (Lipinski definition) is 4. The van der Waals surface area contributed by atoms with Gasteiger partial charge in [-0.15, -0.1) is 10.2 Å². The summed E-state index contributed by atoms with van der Waals surface area (Å²) in [4.78, 5) is 14.0. The summed E-state index contributed by atoms with van der Waals surface area (Å²) in [6, 6.07) is 6.58. The Morgan fingerprint density at radius 2 is 1.77 bits per heavy atom. The molecule has 1 amide bonds. The van der Waals surface area contributed by atoms with Crippen molar-refractivity contribution in [1.29, 1.82) is 0 Å². The zero-order valence-electron chi connectivity index (χ0n) is 18.7. The lowest BCUT2D eigenvalue weighted by Crippen LogP contribution is -2.39. The molecule has 2 unspecified atom stereocenters. The highest BCUT2D eigenvalue weighted by Gasteiger charge is 2.57. The average Bonchev–Trinajstić information content (AvgIpc) is 3.36. The number of fused-ring (bicyclic) bond motifs is 1. The quantitative estimate of drug-likeness (QED) is 0.502. The number of hydrogen-bond donors (Lipinski definition) is 1. The standard InChI is InChI=1S/C23H20F6N4O2/c1-12(34)13-7-16-17(18(8-13)23(27,28)29)10-33(19(16)35)15-6-4-5-14(9-15)21(2,24)22(25,26)20-31-30-11-32(20)3/h4-9,11-12,34H,10H2,1-3H3. The highest BCUT2D eigenvalue weighted by atomic mass is 19.4. The van der Waals surface area contributed by atoms with Gasteiger partial charge in [-0.3, -0.25) is 4.79 Å². The van der Waals surface area contributed by atoms with Gasteiger partial charge in [0.05, 0.1) is 18.2 Å². The van der Waals surface area contributed by atoms with Crippen LogP contribution in [0, 0.1) is 0 Å². The number of nitrogens with zero attached hydrogens (tertiary/aromatic N) is 4. The van der Waals surface area contributed by atoms with E-state index in [9.17, 15) is 23.1 Å². The van der Waals surface area contributed by atoms with E-state index in [4.69, 9.17) is 0 Å². The van der Waals surface area contributed by atoms with E-state index in [1.54, 1.807) is 0 Å². The van der Waals surface area contributed by atoms with E-state index in [0.29, 0.717) is 6.92 Å². The van der Waals surface area contributed by atoms with Crippen LogP contribution in [0.2, 0.25) is 0 Å². The summed E-state index contributed by atoms with van der Waals surface area (Å²) in [5.41, 5.74) is -5.63.